The van der Waals surface area contributed by atoms with E-state index in [-0.39, 0.29) is 0 Å². The fourth-order valence-corrected chi connectivity index (χ4v) is 3.28. The van der Waals surface area contributed by atoms with Crippen molar-refractivity contribution in [3.05, 3.63) is 0 Å². The number of likely N-dealkylation sites (tertiary alicyclic amines) is 2. The van der Waals surface area contributed by atoms with E-state index in [0.29, 0.717) is 11.0 Å². The monoisotopic (exact) mass is 252 g/mol. The lowest BCUT2D eigenvalue weighted by atomic mass is 9.75. The number of piperidine rings is 1. The second-order valence-electron chi connectivity index (χ2n) is 8.43. The molecule has 2 aliphatic heterocycles. The van der Waals surface area contributed by atoms with Gasteiger partial charge in [0.05, 0.1) is 0 Å². The summed E-state index contributed by atoms with van der Waals surface area (Å²) in [6, 6.07) is 0.828. The van der Waals surface area contributed by atoms with E-state index in [1.807, 2.05) is 0 Å². The van der Waals surface area contributed by atoms with Gasteiger partial charge in [-0.1, -0.05) is 20.8 Å². The molecule has 106 valence electrons. The Morgan fingerprint density at radius 2 is 1.50 bits per heavy atom. The minimum Gasteiger partial charge on any atom is -0.298 e. The third-order valence-corrected chi connectivity index (χ3v) is 5.00. The minimum absolute atomic E-state index is 0.357. The molecule has 18 heavy (non-hydrogen) atoms. The van der Waals surface area contributed by atoms with Gasteiger partial charge in [0.2, 0.25) is 0 Å². The first kappa shape index (κ1) is 14.3. The molecule has 0 aromatic heterocycles. The van der Waals surface area contributed by atoms with Crippen molar-refractivity contribution in [3.63, 3.8) is 0 Å². The number of hydrogen-bond donors (Lipinski definition) is 0. The average Bonchev–Trinajstić information content (AvgIpc) is 2.12. The Morgan fingerprint density at radius 1 is 0.889 bits per heavy atom. The van der Waals surface area contributed by atoms with E-state index >= 15 is 0 Å². The summed E-state index contributed by atoms with van der Waals surface area (Å²) in [5.74, 6) is 0.884. The van der Waals surface area contributed by atoms with Crippen molar-refractivity contribution in [1.29, 1.82) is 0 Å². The highest BCUT2D eigenvalue weighted by Gasteiger charge is 2.40. The van der Waals surface area contributed by atoms with Gasteiger partial charge in [0.15, 0.2) is 0 Å². The van der Waals surface area contributed by atoms with Crippen LogP contribution >= 0.6 is 0 Å². The highest BCUT2D eigenvalue weighted by molar-refractivity contribution is 4.96. The van der Waals surface area contributed by atoms with Crippen LogP contribution in [-0.2, 0) is 0 Å². The maximum Gasteiger partial charge on any atom is 0.0350 e. The Morgan fingerprint density at radius 3 is 2.00 bits per heavy atom. The molecule has 2 aliphatic rings. The number of rotatable bonds is 1. The van der Waals surface area contributed by atoms with Crippen LogP contribution in [0.2, 0.25) is 0 Å². The molecular formula is C16H32N2. The summed E-state index contributed by atoms with van der Waals surface area (Å²) in [6.45, 7) is 19.4. The highest BCUT2D eigenvalue weighted by atomic mass is 15.3. The molecule has 2 fully saturated rings. The molecule has 0 bridgehead atoms. The lowest BCUT2D eigenvalue weighted by Gasteiger charge is -2.53. The summed E-state index contributed by atoms with van der Waals surface area (Å²) in [5, 5.41) is 0. The van der Waals surface area contributed by atoms with Crippen LogP contribution in [0.25, 0.3) is 0 Å². The van der Waals surface area contributed by atoms with Gasteiger partial charge >= 0.3 is 0 Å². The zero-order valence-electron chi connectivity index (χ0n) is 13.3. The standard InChI is InChI=1S/C16H32N2/c1-15(2,3)13-8-7-9-17(10-13)14-11-18(12-14)16(4,5)6/h13-14H,7-12H2,1-6H3. The summed E-state index contributed by atoms with van der Waals surface area (Å²) in [7, 11) is 0. The summed E-state index contributed by atoms with van der Waals surface area (Å²) >= 11 is 0. The molecule has 0 spiro atoms. The molecule has 0 saturated carbocycles. The van der Waals surface area contributed by atoms with Gasteiger partial charge in [-0.15, -0.1) is 0 Å². The normalized spacial score (nSPS) is 29.3. The van der Waals surface area contributed by atoms with Gasteiger partial charge in [0.1, 0.15) is 0 Å². The van der Waals surface area contributed by atoms with Crippen LogP contribution in [0.4, 0.5) is 0 Å². The lowest BCUT2D eigenvalue weighted by Crippen LogP contribution is -2.65. The maximum atomic E-state index is 2.77. The zero-order chi connectivity index (χ0) is 13.6. The van der Waals surface area contributed by atoms with Crippen LogP contribution in [0.15, 0.2) is 0 Å². The third kappa shape index (κ3) is 3.08. The Labute approximate surface area is 114 Å². The molecule has 1 unspecified atom stereocenters. The largest absolute Gasteiger partial charge is 0.298 e. The van der Waals surface area contributed by atoms with E-state index in [1.54, 1.807) is 0 Å². The van der Waals surface area contributed by atoms with Crippen LogP contribution in [-0.4, -0.2) is 47.6 Å². The maximum absolute atomic E-state index is 2.77. The minimum atomic E-state index is 0.357. The van der Waals surface area contributed by atoms with Gasteiger partial charge < -0.3 is 0 Å². The molecule has 2 rings (SSSR count). The van der Waals surface area contributed by atoms with Crippen molar-refractivity contribution in [3.8, 4) is 0 Å². The quantitative estimate of drug-likeness (QED) is 0.707. The molecule has 0 aliphatic carbocycles. The molecule has 1 atom stereocenters. The van der Waals surface area contributed by atoms with E-state index in [1.165, 1.54) is 39.0 Å². The van der Waals surface area contributed by atoms with Crippen LogP contribution in [0, 0.1) is 11.3 Å². The summed E-state index contributed by atoms with van der Waals surface area (Å²) in [5.41, 5.74) is 0.835. The Kier molecular flexibility index (Phi) is 3.81. The molecule has 2 heterocycles. The van der Waals surface area contributed by atoms with Crippen molar-refractivity contribution in [2.75, 3.05) is 26.2 Å². The van der Waals surface area contributed by atoms with Crippen molar-refractivity contribution >= 4 is 0 Å². The van der Waals surface area contributed by atoms with Gasteiger partial charge in [-0.05, 0) is 51.5 Å². The van der Waals surface area contributed by atoms with Crippen molar-refractivity contribution in [2.24, 2.45) is 11.3 Å². The third-order valence-electron chi connectivity index (χ3n) is 5.00. The number of nitrogens with zero attached hydrogens (tertiary/aromatic N) is 2. The summed E-state index contributed by atoms with van der Waals surface area (Å²) < 4.78 is 0. The smallest absolute Gasteiger partial charge is 0.0350 e. The van der Waals surface area contributed by atoms with Crippen molar-refractivity contribution in [1.82, 2.24) is 9.80 Å². The first-order valence-corrected chi connectivity index (χ1v) is 7.67. The van der Waals surface area contributed by atoms with Crippen LogP contribution in [0.1, 0.15) is 54.4 Å². The van der Waals surface area contributed by atoms with E-state index in [2.05, 4.69) is 51.3 Å². The first-order valence-electron chi connectivity index (χ1n) is 7.67. The van der Waals surface area contributed by atoms with E-state index < -0.39 is 0 Å². The summed E-state index contributed by atoms with van der Waals surface area (Å²) in [6.07, 6.45) is 2.82. The van der Waals surface area contributed by atoms with Crippen LogP contribution < -0.4 is 0 Å². The van der Waals surface area contributed by atoms with Crippen LogP contribution in [0.3, 0.4) is 0 Å². The van der Waals surface area contributed by atoms with E-state index in [9.17, 15) is 0 Å². The second kappa shape index (κ2) is 4.79. The number of hydrogen-bond acceptors (Lipinski definition) is 2. The molecule has 0 aromatic rings. The van der Waals surface area contributed by atoms with Gasteiger partial charge in [0.25, 0.3) is 0 Å². The van der Waals surface area contributed by atoms with Crippen molar-refractivity contribution in [2.45, 2.75) is 66.0 Å². The predicted octanol–water partition coefficient (Wildman–Crippen LogP) is 3.23. The SMILES string of the molecule is CC(C)(C)C1CCCN(C2CN(C(C)(C)C)C2)C1. The molecule has 0 amide bonds. The van der Waals surface area contributed by atoms with E-state index in [4.69, 9.17) is 0 Å². The highest BCUT2D eigenvalue weighted by Crippen LogP contribution is 2.35. The Balaban J connectivity index is 1.85. The molecule has 2 heteroatoms. The molecule has 0 radical (unpaired) electrons. The van der Waals surface area contributed by atoms with Gasteiger partial charge in [-0.2, -0.15) is 0 Å². The lowest BCUT2D eigenvalue weighted by molar-refractivity contribution is -0.0453. The zero-order valence-corrected chi connectivity index (χ0v) is 13.3. The summed E-state index contributed by atoms with van der Waals surface area (Å²) in [4.78, 5) is 5.38. The van der Waals surface area contributed by atoms with E-state index in [0.717, 1.165) is 12.0 Å². The molecule has 0 N–H and O–H groups in total. The average molecular weight is 252 g/mol. The molecular weight excluding hydrogens is 220 g/mol. The fraction of sp³-hybridized carbons (Fsp3) is 1.00. The van der Waals surface area contributed by atoms with Gasteiger partial charge in [-0.3, -0.25) is 9.80 Å². The Hall–Kier alpha value is -0.0800. The van der Waals surface area contributed by atoms with Gasteiger partial charge in [-0.25, -0.2) is 0 Å². The second-order valence-corrected chi connectivity index (χ2v) is 8.43. The topological polar surface area (TPSA) is 6.48 Å². The molecule has 0 aromatic carbocycles. The fourth-order valence-electron chi connectivity index (χ4n) is 3.28. The molecule has 2 nitrogen and oxygen atoms in total. The van der Waals surface area contributed by atoms with Crippen LogP contribution in [0.5, 0.6) is 0 Å². The van der Waals surface area contributed by atoms with Gasteiger partial charge in [0, 0.05) is 31.2 Å². The first-order chi connectivity index (χ1) is 8.18. The van der Waals surface area contributed by atoms with Crippen molar-refractivity contribution < 1.29 is 0 Å². The predicted molar refractivity (Wildman–Crippen MR) is 78.9 cm³/mol. The Bertz CT molecular complexity index is 278. The molecule has 2 saturated heterocycles.